The van der Waals surface area contributed by atoms with Crippen LogP contribution in [-0.4, -0.2) is 17.7 Å². The van der Waals surface area contributed by atoms with Gasteiger partial charge in [-0.15, -0.1) is 6.58 Å². The molecule has 1 fully saturated rings. The Kier molecular flexibility index (Phi) is 3.89. The van der Waals surface area contributed by atoms with E-state index in [1.54, 1.807) is 6.92 Å². The highest BCUT2D eigenvalue weighted by atomic mass is 79.9. The minimum atomic E-state index is -0.438. The fourth-order valence-corrected chi connectivity index (χ4v) is 2.72. The maximum Gasteiger partial charge on any atom is 0.0772 e. The Balaban J connectivity index is 2.25. The molecule has 92 valence electrons. The molecule has 3 heteroatoms. The second-order valence-corrected chi connectivity index (χ2v) is 5.41. The molecule has 0 spiro atoms. The van der Waals surface area contributed by atoms with Crippen molar-refractivity contribution >= 4 is 21.6 Å². The monoisotopic (exact) mass is 295 g/mol. The third-order valence-corrected chi connectivity index (χ3v) is 3.77. The third-order valence-electron chi connectivity index (χ3n) is 3.08. The Morgan fingerprint density at radius 2 is 2.29 bits per heavy atom. The number of hydrogen-bond acceptors (Lipinski definition) is 2. The average molecular weight is 296 g/mol. The molecule has 0 bridgehead atoms. The van der Waals surface area contributed by atoms with E-state index in [4.69, 9.17) is 0 Å². The lowest BCUT2D eigenvalue weighted by Crippen LogP contribution is -2.25. The number of hydrogen-bond donors (Lipinski definition) is 1. The first kappa shape index (κ1) is 12.7. The maximum absolute atomic E-state index is 9.60. The van der Waals surface area contributed by atoms with E-state index in [0.717, 1.165) is 16.6 Å². The largest absolute Gasteiger partial charge is 0.389 e. The minimum absolute atomic E-state index is 0.438. The van der Waals surface area contributed by atoms with Gasteiger partial charge in [0.2, 0.25) is 0 Å². The van der Waals surface area contributed by atoms with Gasteiger partial charge in [-0.05, 0) is 37.5 Å². The smallest absolute Gasteiger partial charge is 0.0772 e. The predicted octanol–water partition coefficient (Wildman–Crippen LogP) is 3.66. The summed E-state index contributed by atoms with van der Waals surface area (Å²) in [5, 5.41) is 9.60. The summed E-state index contributed by atoms with van der Waals surface area (Å²) < 4.78 is 0.972. The fourth-order valence-electron chi connectivity index (χ4n) is 2.02. The van der Waals surface area contributed by atoms with Crippen molar-refractivity contribution in [2.45, 2.75) is 31.9 Å². The molecule has 0 radical (unpaired) electrons. The molecule has 2 rings (SSSR count). The number of rotatable bonds is 5. The second-order valence-electron chi connectivity index (χ2n) is 4.55. The van der Waals surface area contributed by atoms with Gasteiger partial charge in [0.05, 0.1) is 6.10 Å². The molecule has 1 atom stereocenters. The summed E-state index contributed by atoms with van der Waals surface area (Å²) in [6.45, 7) is 6.47. The van der Waals surface area contributed by atoms with Crippen molar-refractivity contribution in [1.29, 1.82) is 0 Å². The first-order valence-electron chi connectivity index (χ1n) is 5.98. The van der Waals surface area contributed by atoms with E-state index in [9.17, 15) is 5.11 Å². The summed E-state index contributed by atoms with van der Waals surface area (Å²) in [6.07, 6.45) is 4.04. The lowest BCUT2D eigenvalue weighted by atomic mass is 10.1. The van der Waals surface area contributed by atoms with Gasteiger partial charge in [0, 0.05) is 22.7 Å². The summed E-state index contributed by atoms with van der Waals surface area (Å²) in [4.78, 5) is 2.36. The number of halogens is 1. The van der Waals surface area contributed by atoms with E-state index < -0.39 is 6.10 Å². The molecule has 0 aliphatic heterocycles. The maximum atomic E-state index is 9.60. The minimum Gasteiger partial charge on any atom is -0.389 e. The number of aliphatic hydroxyl groups is 1. The molecule has 1 aromatic rings. The van der Waals surface area contributed by atoms with Crippen molar-refractivity contribution in [3.8, 4) is 0 Å². The third kappa shape index (κ3) is 2.90. The van der Waals surface area contributed by atoms with Gasteiger partial charge in [0.1, 0.15) is 0 Å². The van der Waals surface area contributed by atoms with Crippen LogP contribution in [-0.2, 0) is 0 Å². The van der Waals surface area contributed by atoms with E-state index in [-0.39, 0.29) is 0 Å². The molecule has 0 amide bonds. The van der Waals surface area contributed by atoms with Gasteiger partial charge < -0.3 is 10.0 Å². The number of aliphatic hydroxyl groups excluding tert-OH is 1. The van der Waals surface area contributed by atoms with Crippen LogP contribution in [0, 0.1) is 0 Å². The molecule has 1 aliphatic carbocycles. The van der Waals surface area contributed by atoms with Crippen LogP contribution in [0.1, 0.15) is 31.4 Å². The fraction of sp³-hybridized carbons (Fsp3) is 0.429. The van der Waals surface area contributed by atoms with E-state index >= 15 is 0 Å². The Hall–Kier alpha value is -0.800. The van der Waals surface area contributed by atoms with Crippen LogP contribution >= 0.6 is 15.9 Å². The van der Waals surface area contributed by atoms with E-state index in [0.29, 0.717) is 6.04 Å². The van der Waals surface area contributed by atoms with Crippen LogP contribution in [0.4, 0.5) is 5.69 Å². The van der Waals surface area contributed by atoms with Crippen LogP contribution in [0.25, 0.3) is 0 Å². The van der Waals surface area contributed by atoms with Crippen LogP contribution < -0.4 is 4.90 Å². The van der Waals surface area contributed by atoms with Crippen LogP contribution in [0.15, 0.2) is 35.3 Å². The van der Waals surface area contributed by atoms with E-state index in [2.05, 4.69) is 39.5 Å². The van der Waals surface area contributed by atoms with E-state index in [1.807, 2.05) is 12.1 Å². The summed E-state index contributed by atoms with van der Waals surface area (Å²) in [7, 11) is 0. The lowest BCUT2D eigenvalue weighted by molar-refractivity contribution is 0.198. The highest BCUT2D eigenvalue weighted by molar-refractivity contribution is 9.10. The summed E-state index contributed by atoms with van der Waals surface area (Å²) in [5.41, 5.74) is 2.13. The van der Waals surface area contributed by atoms with Crippen molar-refractivity contribution in [1.82, 2.24) is 0 Å². The van der Waals surface area contributed by atoms with Crippen LogP contribution in [0.3, 0.4) is 0 Å². The zero-order chi connectivity index (χ0) is 12.4. The van der Waals surface area contributed by atoms with Crippen LogP contribution in [0.2, 0.25) is 0 Å². The topological polar surface area (TPSA) is 23.5 Å². The molecule has 2 nitrogen and oxygen atoms in total. The number of nitrogens with zero attached hydrogens (tertiary/aromatic N) is 1. The van der Waals surface area contributed by atoms with Crippen molar-refractivity contribution < 1.29 is 5.11 Å². The molecule has 1 unspecified atom stereocenters. The highest BCUT2D eigenvalue weighted by Gasteiger charge is 2.28. The van der Waals surface area contributed by atoms with Gasteiger partial charge in [-0.3, -0.25) is 0 Å². The molecule has 1 N–H and O–H groups in total. The summed E-state index contributed by atoms with van der Waals surface area (Å²) in [6, 6.07) is 6.82. The van der Waals surface area contributed by atoms with Crippen molar-refractivity contribution in [2.24, 2.45) is 0 Å². The Morgan fingerprint density at radius 1 is 1.59 bits per heavy atom. The molecule has 0 aromatic heterocycles. The zero-order valence-electron chi connectivity index (χ0n) is 10.1. The summed E-state index contributed by atoms with van der Waals surface area (Å²) in [5.74, 6) is 0. The van der Waals surface area contributed by atoms with Gasteiger partial charge in [0.15, 0.2) is 0 Å². The molecule has 0 heterocycles. The molecule has 0 saturated heterocycles. The second kappa shape index (κ2) is 5.23. The molecule has 1 aliphatic rings. The Labute approximate surface area is 111 Å². The quantitative estimate of drug-likeness (QED) is 0.838. The number of anilines is 1. The Bertz CT molecular complexity index is 413. The SMILES string of the molecule is C=CCN(c1ccc(C(C)O)c(Br)c1)C1CC1. The average Bonchev–Trinajstić information content (AvgIpc) is 3.09. The van der Waals surface area contributed by atoms with Crippen molar-refractivity contribution in [2.75, 3.05) is 11.4 Å². The molecular formula is C14H18BrNO. The number of benzene rings is 1. The molecule has 17 heavy (non-hydrogen) atoms. The normalized spacial score (nSPS) is 16.6. The lowest BCUT2D eigenvalue weighted by Gasteiger charge is -2.24. The first-order chi connectivity index (χ1) is 8.13. The van der Waals surface area contributed by atoms with Crippen LogP contribution in [0.5, 0.6) is 0 Å². The molecule has 1 aromatic carbocycles. The standard InChI is InChI=1S/C14H18BrNO/c1-3-8-16(11-4-5-11)12-6-7-13(10(2)17)14(15)9-12/h3,6-7,9-11,17H,1,4-5,8H2,2H3. The van der Waals surface area contributed by atoms with Gasteiger partial charge in [-0.2, -0.15) is 0 Å². The molecule has 1 saturated carbocycles. The van der Waals surface area contributed by atoms with Gasteiger partial charge in [-0.1, -0.05) is 28.1 Å². The van der Waals surface area contributed by atoms with Crippen molar-refractivity contribution in [3.63, 3.8) is 0 Å². The van der Waals surface area contributed by atoms with Gasteiger partial charge >= 0.3 is 0 Å². The predicted molar refractivity (Wildman–Crippen MR) is 75.3 cm³/mol. The van der Waals surface area contributed by atoms with E-state index in [1.165, 1.54) is 18.5 Å². The zero-order valence-corrected chi connectivity index (χ0v) is 11.7. The van der Waals surface area contributed by atoms with Crippen molar-refractivity contribution in [3.05, 3.63) is 40.9 Å². The molecular weight excluding hydrogens is 278 g/mol. The van der Waals surface area contributed by atoms with Gasteiger partial charge in [-0.25, -0.2) is 0 Å². The van der Waals surface area contributed by atoms with Gasteiger partial charge in [0.25, 0.3) is 0 Å². The summed E-state index contributed by atoms with van der Waals surface area (Å²) >= 11 is 3.52. The first-order valence-corrected chi connectivity index (χ1v) is 6.78. The highest BCUT2D eigenvalue weighted by Crippen LogP contribution is 2.34. The Morgan fingerprint density at radius 3 is 2.76 bits per heavy atom.